The average Bonchev–Trinajstić information content (AvgIpc) is 2.44. The summed E-state index contributed by atoms with van der Waals surface area (Å²) >= 11 is 3.44. The van der Waals surface area contributed by atoms with Crippen LogP contribution in [0.3, 0.4) is 0 Å². The Morgan fingerprint density at radius 3 is 2.65 bits per heavy atom. The van der Waals surface area contributed by atoms with E-state index in [9.17, 15) is 0 Å². The van der Waals surface area contributed by atoms with Crippen LogP contribution in [0.5, 0.6) is 5.75 Å². The van der Waals surface area contributed by atoms with Crippen LogP contribution in [0.4, 0.5) is 0 Å². The van der Waals surface area contributed by atoms with E-state index in [2.05, 4.69) is 34.5 Å². The Labute approximate surface area is 153 Å². The Morgan fingerprint density at radius 2 is 2.05 bits per heavy atom. The molecule has 0 amide bonds. The van der Waals surface area contributed by atoms with E-state index in [-0.39, 0.29) is 39.3 Å². The van der Waals surface area contributed by atoms with Gasteiger partial charge in [-0.3, -0.25) is 0 Å². The Balaban J connectivity index is 0.00000200. The molecule has 99 valence electrons. The van der Waals surface area contributed by atoms with E-state index in [0.717, 1.165) is 27.2 Å². The number of terminal acetylenes is 1. The molecule has 1 aromatic carbocycles. The molecule has 0 N–H and O–H groups in total. The quantitative estimate of drug-likeness (QED) is 0.565. The summed E-state index contributed by atoms with van der Waals surface area (Å²) in [6.07, 6.45) is 10.3. The third-order valence-corrected chi connectivity index (χ3v) is 3.49. The predicted octanol–water partition coefficient (Wildman–Crippen LogP) is 3.58. The van der Waals surface area contributed by atoms with Crippen LogP contribution in [-0.4, -0.2) is 18.6 Å². The average molecular weight is 404 g/mol. The number of rotatable bonds is 3. The molecule has 0 aromatic heterocycles. The molecule has 0 fully saturated rings. The number of ether oxygens (including phenoxy) is 1. The Kier molecular flexibility index (Phi) is 6.75. The van der Waals surface area contributed by atoms with Crippen molar-refractivity contribution < 1.29 is 37.4 Å². The van der Waals surface area contributed by atoms with Crippen LogP contribution in [0.2, 0.25) is 0 Å². The molecule has 1 aliphatic heterocycles. The Hall–Kier alpha value is -0.816. The van der Waals surface area contributed by atoms with Gasteiger partial charge in [0.2, 0.25) is 0 Å². The minimum Gasteiger partial charge on any atom is -0.481 e. The van der Waals surface area contributed by atoms with Crippen LogP contribution >= 0.6 is 15.9 Å². The van der Waals surface area contributed by atoms with Gasteiger partial charge in [-0.25, -0.2) is 0 Å². The first-order valence-corrected chi connectivity index (χ1v) is 6.51. The number of halogens is 1. The fourth-order valence-electron chi connectivity index (χ4n) is 1.72. The van der Waals surface area contributed by atoms with E-state index in [1.165, 1.54) is 0 Å². The molecule has 4 heteroatoms. The second kappa shape index (κ2) is 7.83. The van der Waals surface area contributed by atoms with E-state index in [1.54, 1.807) is 0 Å². The molecule has 1 heterocycles. The fourth-order valence-corrected chi connectivity index (χ4v) is 2.10. The number of allylic oxidation sites excluding steroid dienone is 3. The van der Waals surface area contributed by atoms with Crippen molar-refractivity contribution in [3.63, 3.8) is 0 Å². The predicted molar refractivity (Wildman–Crippen MR) is 81.3 cm³/mol. The van der Waals surface area contributed by atoms with Crippen LogP contribution < -0.4 is 4.74 Å². The first kappa shape index (κ1) is 17.2. The molecule has 1 radical (unpaired) electrons. The normalized spacial score (nSPS) is 13.8. The van der Waals surface area contributed by atoms with Crippen LogP contribution in [0.15, 0.2) is 47.1 Å². The van der Waals surface area contributed by atoms with Gasteiger partial charge in [0, 0.05) is 39.8 Å². The van der Waals surface area contributed by atoms with Crippen molar-refractivity contribution in [1.82, 2.24) is 4.90 Å². The molecule has 0 bridgehead atoms. The number of hydrogen-bond donors (Lipinski definition) is 0. The van der Waals surface area contributed by atoms with Gasteiger partial charge in [0.1, 0.15) is 12.4 Å². The molecule has 20 heavy (non-hydrogen) atoms. The van der Waals surface area contributed by atoms with E-state index < -0.39 is 0 Å². The minimum atomic E-state index is 0. The van der Waals surface area contributed by atoms with Gasteiger partial charge in [-0.15, -0.1) is 34.5 Å². The molecular weight excluding hydrogens is 391 g/mol. The molecule has 0 saturated carbocycles. The maximum absolute atomic E-state index is 5.35. The van der Waals surface area contributed by atoms with Crippen molar-refractivity contribution in [2.45, 2.75) is 0 Å². The topological polar surface area (TPSA) is 12.5 Å². The van der Waals surface area contributed by atoms with Gasteiger partial charge in [-0.05, 0) is 17.8 Å². The summed E-state index contributed by atoms with van der Waals surface area (Å²) in [7, 11) is 1.96. The van der Waals surface area contributed by atoms with E-state index in [0.29, 0.717) is 0 Å². The Bertz CT molecular complexity index is 596. The zero-order valence-electron chi connectivity index (χ0n) is 11.2. The SMILES string of the molecule is C#CCOc1ccc(C2=[C-]C=C(Br)C(=C)N2C)cc1.[Y]. The molecule has 0 atom stereocenters. The second-order valence-corrected chi connectivity index (χ2v) is 4.86. The number of nitrogens with zero attached hydrogens (tertiary/aromatic N) is 1. The van der Waals surface area contributed by atoms with Crippen molar-refractivity contribution in [3.8, 4) is 18.1 Å². The van der Waals surface area contributed by atoms with Crippen LogP contribution in [0.25, 0.3) is 5.70 Å². The zero-order valence-corrected chi connectivity index (χ0v) is 15.6. The van der Waals surface area contributed by atoms with E-state index in [4.69, 9.17) is 11.2 Å². The van der Waals surface area contributed by atoms with E-state index in [1.807, 2.05) is 42.3 Å². The van der Waals surface area contributed by atoms with Gasteiger partial charge < -0.3 is 9.64 Å². The van der Waals surface area contributed by atoms with Crippen LogP contribution in [0.1, 0.15) is 5.56 Å². The van der Waals surface area contributed by atoms with Gasteiger partial charge in [-0.1, -0.05) is 28.2 Å². The standard InChI is InChI=1S/C16H13BrNO.Y/c1-4-11-19-14-7-5-13(6-8-14)16-10-9-15(17)12(2)18(16)3;/h1,5-9H,2,11H2,3H3;/q-1;. The molecule has 1 aromatic rings. The molecule has 0 aliphatic carbocycles. The summed E-state index contributed by atoms with van der Waals surface area (Å²) in [4.78, 5) is 1.99. The van der Waals surface area contributed by atoms with E-state index >= 15 is 0 Å². The monoisotopic (exact) mass is 403 g/mol. The summed E-state index contributed by atoms with van der Waals surface area (Å²) in [5.74, 6) is 3.20. The maximum Gasteiger partial charge on any atom is 0.148 e. The summed E-state index contributed by atoms with van der Waals surface area (Å²) < 4.78 is 6.28. The van der Waals surface area contributed by atoms with Gasteiger partial charge >= 0.3 is 0 Å². The third-order valence-electron chi connectivity index (χ3n) is 2.80. The van der Waals surface area contributed by atoms with Crippen molar-refractivity contribution in [1.29, 1.82) is 0 Å². The first-order chi connectivity index (χ1) is 9.13. The van der Waals surface area contributed by atoms with Gasteiger partial charge in [0.05, 0.1) is 0 Å². The fraction of sp³-hybridized carbons (Fsp3) is 0.125. The number of hydrogen-bond acceptors (Lipinski definition) is 2. The molecule has 2 nitrogen and oxygen atoms in total. The summed E-state index contributed by atoms with van der Waals surface area (Å²) in [6.45, 7) is 4.29. The molecule has 1 aliphatic rings. The van der Waals surface area contributed by atoms with Gasteiger partial charge in [0.25, 0.3) is 0 Å². The molecular formula is C16H13BrNOY-. The largest absolute Gasteiger partial charge is 0.481 e. The number of benzene rings is 1. The minimum absolute atomic E-state index is 0. The van der Waals surface area contributed by atoms with Gasteiger partial charge in [0.15, 0.2) is 0 Å². The van der Waals surface area contributed by atoms with Crippen LogP contribution in [0, 0.1) is 18.4 Å². The summed E-state index contributed by atoms with van der Waals surface area (Å²) in [6, 6.07) is 7.74. The van der Waals surface area contributed by atoms with Crippen molar-refractivity contribution >= 4 is 21.6 Å². The first-order valence-electron chi connectivity index (χ1n) is 5.72. The number of likely N-dealkylation sites (N-methyl/N-ethyl adjacent to an activating group) is 1. The third kappa shape index (κ3) is 3.85. The van der Waals surface area contributed by atoms with Crippen molar-refractivity contribution in [2.24, 2.45) is 0 Å². The van der Waals surface area contributed by atoms with Crippen LogP contribution in [-0.2, 0) is 32.7 Å². The molecule has 2 rings (SSSR count). The second-order valence-electron chi connectivity index (χ2n) is 4.01. The van der Waals surface area contributed by atoms with Crippen molar-refractivity contribution in [2.75, 3.05) is 13.7 Å². The smallest absolute Gasteiger partial charge is 0.148 e. The summed E-state index contributed by atoms with van der Waals surface area (Å²) in [5.41, 5.74) is 2.92. The molecule has 0 saturated heterocycles. The Morgan fingerprint density at radius 1 is 1.40 bits per heavy atom. The molecule has 0 unspecified atom stereocenters. The molecule has 0 spiro atoms. The van der Waals surface area contributed by atoms with Crippen molar-refractivity contribution in [3.05, 3.63) is 58.7 Å². The zero-order chi connectivity index (χ0) is 13.8. The van der Waals surface area contributed by atoms with Gasteiger partial charge in [-0.2, -0.15) is 12.2 Å². The summed E-state index contributed by atoms with van der Waals surface area (Å²) in [5, 5.41) is 0. The maximum atomic E-state index is 5.35.